The van der Waals surface area contributed by atoms with Gasteiger partial charge in [-0.25, -0.2) is 0 Å². The Balaban J connectivity index is 2.33. The molecule has 106 valence electrons. The van der Waals surface area contributed by atoms with E-state index in [1.807, 2.05) is 30.3 Å². The number of benzene rings is 1. The van der Waals surface area contributed by atoms with Gasteiger partial charge in [0.05, 0.1) is 6.61 Å². The van der Waals surface area contributed by atoms with E-state index in [0.29, 0.717) is 6.61 Å². The fourth-order valence-corrected chi connectivity index (χ4v) is 1.47. The molecule has 0 aliphatic rings. The molecule has 0 saturated carbocycles. The van der Waals surface area contributed by atoms with Crippen LogP contribution in [0, 0.1) is 0 Å². The van der Waals surface area contributed by atoms with Crippen LogP contribution in [0.5, 0.6) is 0 Å². The number of hydrogen-bond acceptors (Lipinski definition) is 4. The van der Waals surface area contributed by atoms with E-state index < -0.39 is 5.97 Å². The minimum Gasteiger partial charge on any atom is -0.465 e. The van der Waals surface area contributed by atoms with E-state index in [1.165, 1.54) is 6.08 Å². The third kappa shape index (κ3) is 6.65. The summed E-state index contributed by atoms with van der Waals surface area (Å²) in [5.41, 5.74) is 0.910. The van der Waals surface area contributed by atoms with Gasteiger partial charge in [0.2, 0.25) is 5.91 Å². The minimum atomic E-state index is -0.427. The summed E-state index contributed by atoms with van der Waals surface area (Å²) in [6.07, 6.45) is 3.04. The van der Waals surface area contributed by atoms with Crippen LogP contribution in [0.3, 0.4) is 0 Å². The number of amides is 1. The lowest BCUT2D eigenvalue weighted by Gasteiger charge is -2.07. The van der Waals surface area contributed by atoms with Gasteiger partial charge in [0.25, 0.3) is 0 Å². The van der Waals surface area contributed by atoms with Crippen molar-refractivity contribution in [3.05, 3.63) is 42.0 Å². The predicted octanol–water partition coefficient (Wildman–Crippen LogP) is 1.25. The maximum absolute atomic E-state index is 11.6. The van der Waals surface area contributed by atoms with Gasteiger partial charge < -0.3 is 10.1 Å². The van der Waals surface area contributed by atoms with Crippen molar-refractivity contribution < 1.29 is 14.3 Å². The highest BCUT2D eigenvalue weighted by Crippen LogP contribution is 2.00. The van der Waals surface area contributed by atoms with Crippen LogP contribution in [0.1, 0.15) is 12.5 Å². The van der Waals surface area contributed by atoms with E-state index in [9.17, 15) is 9.59 Å². The van der Waals surface area contributed by atoms with Gasteiger partial charge in [-0.05, 0) is 30.8 Å². The third-order valence-corrected chi connectivity index (χ3v) is 2.41. The van der Waals surface area contributed by atoms with Crippen LogP contribution in [-0.4, -0.2) is 30.1 Å². The first-order valence-corrected chi connectivity index (χ1v) is 6.50. The first-order chi connectivity index (χ1) is 9.61. The molecule has 0 bridgehead atoms. The quantitative estimate of drug-likeness (QED) is 0.486. The first-order valence-electron chi connectivity index (χ1n) is 6.09. The van der Waals surface area contributed by atoms with Crippen molar-refractivity contribution in [2.75, 3.05) is 13.2 Å². The van der Waals surface area contributed by atoms with Crippen LogP contribution >= 0.6 is 12.2 Å². The number of nitrogens with one attached hydrogen (secondary N) is 2. The van der Waals surface area contributed by atoms with Crippen LogP contribution in [0.25, 0.3) is 6.08 Å². The Morgan fingerprint density at radius 1 is 1.30 bits per heavy atom. The number of hydrogen-bond donors (Lipinski definition) is 2. The van der Waals surface area contributed by atoms with Gasteiger partial charge in [-0.3, -0.25) is 14.9 Å². The van der Waals surface area contributed by atoms with E-state index >= 15 is 0 Å². The summed E-state index contributed by atoms with van der Waals surface area (Å²) in [5, 5.41) is 5.11. The average Bonchev–Trinajstić information content (AvgIpc) is 2.44. The first kappa shape index (κ1) is 15.8. The molecule has 0 aliphatic heterocycles. The molecule has 0 radical (unpaired) electrons. The van der Waals surface area contributed by atoms with Crippen LogP contribution in [-0.2, 0) is 14.3 Å². The van der Waals surface area contributed by atoms with Gasteiger partial charge in [0.15, 0.2) is 5.11 Å². The van der Waals surface area contributed by atoms with E-state index in [2.05, 4.69) is 10.6 Å². The Morgan fingerprint density at radius 2 is 2.00 bits per heavy atom. The molecule has 5 nitrogen and oxygen atoms in total. The zero-order chi connectivity index (χ0) is 14.8. The van der Waals surface area contributed by atoms with Crippen molar-refractivity contribution >= 4 is 35.3 Å². The molecule has 0 heterocycles. The summed E-state index contributed by atoms with van der Waals surface area (Å²) >= 11 is 4.88. The van der Waals surface area contributed by atoms with Gasteiger partial charge in [0.1, 0.15) is 6.54 Å². The second-order valence-electron chi connectivity index (χ2n) is 3.72. The van der Waals surface area contributed by atoms with E-state index in [1.54, 1.807) is 13.0 Å². The largest absolute Gasteiger partial charge is 0.465 e. The molecule has 0 fully saturated rings. The molecule has 0 spiro atoms. The topological polar surface area (TPSA) is 67.4 Å². The van der Waals surface area contributed by atoms with Crippen molar-refractivity contribution in [2.45, 2.75) is 6.92 Å². The van der Waals surface area contributed by atoms with Gasteiger partial charge in [-0.1, -0.05) is 30.3 Å². The maximum atomic E-state index is 11.6. The zero-order valence-corrected chi connectivity index (χ0v) is 11.9. The monoisotopic (exact) mass is 292 g/mol. The third-order valence-electron chi connectivity index (χ3n) is 2.16. The van der Waals surface area contributed by atoms with Gasteiger partial charge in [-0.15, -0.1) is 0 Å². The second kappa shape index (κ2) is 8.82. The molecule has 0 aliphatic carbocycles. The minimum absolute atomic E-state index is 0.0741. The molecule has 0 atom stereocenters. The summed E-state index contributed by atoms with van der Waals surface area (Å²) in [5.74, 6) is -0.792. The van der Waals surface area contributed by atoms with Gasteiger partial charge in [-0.2, -0.15) is 0 Å². The van der Waals surface area contributed by atoms with Gasteiger partial charge >= 0.3 is 5.97 Å². The smallest absolute Gasteiger partial charge is 0.325 e. The van der Waals surface area contributed by atoms with E-state index in [-0.39, 0.29) is 17.6 Å². The standard InChI is InChI=1S/C14H16N2O3S/c1-2-19-13(18)10-15-14(20)16-12(17)9-8-11-6-4-3-5-7-11/h3-9H,2,10H2,1H3,(H2,15,16,17,20). The second-order valence-corrected chi connectivity index (χ2v) is 4.13. The number of ether oxygens (including phenoxy) is 1. The highest BCUT2D eigenvalue weighted by atomic mass is 32.1. The lowest BCUT2D eigenvalue weighted by atomic mass is 10.2. The maximum Gasteiger partial charge on any atom is 0.325 e. The Kier molecular flexibility index (Phi) is 6.99. The van der Waals surface area contributed by atoms with Gasteiger partial charge in [0, 0.05) is 6.08 Å². The van der Waals surface area contributed by atoms with Crippen molar-refractivity contribution in [1.82, 2.24) is 10.6 Å². The molecule has 1 amide bonds. The number of rotatable bonds is 5. The van der Waals surface area contributed by atoms with E-state index in [0.717, 1.165) is 5.56 Å². The summed E-state index contributed by atoms with van der Waals surface area (Å²) in [7, 11) is 0. The Morgan fingerprint density at radius 3 is 2.65 bits per heavy atom. The molecule has 6 heteroatoms. The van der Waals surface area contributed by atoms with Crippen molar-refractivity contribution in [1.29, 1.82) is 0 Å². The highest BCUT2D eigenvalue weighted by molar-refractivity contribution is 7.80. The van der Waals surface area contributed by atoms with Crippen molar-refractivity contribution in [3.63, 3.8) is 0 Å². The molecule has 2 N–H and O–H groups in total. The van der Waals surface area contributed by atoms with Crippen LogP contribution in [0.2, 0.25) is 0 Å². The van der Waals surface area contributed by atoms with Crippen molar-refractivity contribution in [3.8, 4) is 0 Å². The van der Waals surface area contributed by atoms with Crippen LogP contribution in [0.4, 0.5) is 0 Å². The predicted molar refractivity (Wildman–Crippen MR) is 80.9 cm³/mol. The summed E-state index contributed by atoms with van der Waals surface area (Å²) in [4.78, 5) is 22.6. The van der Waals surface area contributed by atoms with E-state index in [4.69, 9.17) is 17.0 Å². The summed E-state index contributed by atoms with van der Waals surface area (Å²) in [6, 6.07) is 9.40. The fraction of sp³-hybridized carbons (Fsp3) is 0.214. The number of esters is 1. The summed E-state index contributed by atoms with van der Waals surface area (Å²) < 4.78 is 4.71. The molecular weight excluding hydrogens is 276 g/mol. The zero-order valence-electron chi connectivity index (χ0n) is 11.1. The lowest BCUT2D eigenvalue weighted by Crippen LogP contribution is -2.41. The van der Waals surface area contributed by atoms with Crippen LogP contribution in [0.15, 0.2) is 36.4 Å². The average molecular weight is 292 g/mol. The van der Waals surface area contributed by atoms with Crippen LogP contribution < -0.4 is 10.6 Å². The molecule has 1 rings (SSSR count). The lowest BCUT2D eigenvalue weighted by molar-refractivity contribution is -0.141. The molecule has 1 aromatic carbocycles. The fourth-order valence-electron chi connectivity index (χ4n) is 1.30. The molecule has 0 aromatic heterocycles. The molecule has 0 saturated heterocycles. The normalized spacial score (nSPS) is 10.1. The number of thiocarbonyl (C=S) groups is 1. The molecule has 20 heavy (non-hydrogen) atoms. The highest BCUT2D eigenvalue weighted by Gasteiger charge is 2.04. The molecule has 0 unspecified atom stereocenters. The molecule has 1 aromatic rings. The molecular formula is C14H16N2O3S. The summed E-state index contributed by atoms with van der Waals surface area (Å²) in [6.45, 7) is 1.95. The SMILES string of the molecule is CCOC(=O)CNC(=S)NC(=O)C=Cc1ccccc1. The number of carbonyl (C=O) groups excluding carboxylic acids is 2. The van der Waals surface area contributed by atoms with Crippen molar-refractivity contribution in [2.24, 2.45) is 0 Å². The Bertz CT molecular complexity index is 500. The Hall–Kier alpha value is -2.21. The number of carbonyl (C=O) groups is 2. The Labute approximate surface area is 123 Å².